The van der Waals surface area contributed by atoms with E-state index in [1.165, 1.54) is 6.20 Å². The smallest absolute Gasteiger partial charge is 0.220 e. The number of fused-ring (bicyclic) bond motifs is 1. The highest BCUT2D eigenvalue weighted by molar-refractivity contribution is 7.95. The van der Waals surface area contributed by atoms with E-state index in [0.29, 0.717) is 5.69 Å². The Morgan fingerprint density at radius 1 is 1.08 bits per heavy atom. The number of sulfone groups is 1. The van der Waals surface area contributed by atoms with Gasteiger partial charge in [-0.2, -0.15) is 5.26 Å². The lowest BCUT2D eigenvalue weighted by atomic mass is 10.1. The summed E-state index contributed by atoms with van der Waals surface area (Å²) in [7, 11) is -2.19. The minimum absolute atomic E-state index is 0.141. The number of benzene rings is 2. The maximum Gasteiger partial charge on any atom is 0.220 e. The molecular weight excluding hydrogens is 324 g/mol. The molecule has 0 spiro atoms. The lowest BCUT2D eigenvalue weighted by Gasteiger charge is -2.29. The van der Waals surface area contributed by atoms with Crippen LogP contribution in [-0.4, -0.2) is 15.5 Å². The summed E-state index contributed by atoms with van der Waals surface area (Å²) >= 11 is 0. The van der Waals surface area contributed by atoms with E-state index in [-0.39, 0.29) is 9.80 Å². The molecule has 0 amide bonds. The van der Waals surface area contributed by atoms with Crippen LogP contribution in [0.15, 0.2) is 52.4 Å². The fraction of sp³-hybridized carbons (Fsp3) is 0.167. The highest BCUT2D eigenvalue weighted by Crippen LogP contribution is 2.41. The number of methoxy groups -OCH3 is 1. The molecule has 1 aliphatic heterocycles. The largest absolute Gasteiger partial charge is 0.497 e. The van der Waals surface area contributed by atoms with Crippen LogP contribution in [0.5, 0.6) is 5.75 Å². The van der Waals surface area contributed by atoms with Crippen molar-refractivity contribution in [3.05, 3.63) is 58.6 Å². The molecule has 0 aromatic heterocycles. The minimum Gasteiger partial charge on any atom is -0.497 e. The topological polar surface area (TPSA) is 70.4 Å². The molecule has 0 saturated heterocycles. The average Bonchev–Trinajstić information content (AvgIpc) is 2.55. The van der Waals surface area contributed by atoms with Crippen LogP contribution in [0.4, 0.5) is 11.4 Å². The monoisotopic (exact) mass is 340 g/mol. The standard InChI is InChI=1S/C18H16N2O3S/c1-12-4-7-18-17(8-12)20(11-15(10-19)24(18,21)22)16-6-5-14(23-3)9-13(16)2/h4-9,11H,1-3H3. The van der Waals surface area contributed by atoms with Gasteiger partial charge < -0.3 is 9.64 Å². The van der Waals surface area contributed by atoms with Gasteiger partial charge in [0, 0.05) is 11.9 Å². The lowest BCUT2D eigenvalue weighted by Crippen LogP contribution is -2.22. The van der Waals surface area contributed by atoms with Gasteiger partial charge in [0.25, 0.3) is 0 Å². The number of hydrogen-bond donors (Lipinski definition) is 0. The number of nitrogens with zero attached hydrogens (tertiary/aromatic N) is 2. The Hall–Kier alpha value is -2.78. The molecule has 0 N–H and O–H groups in total. The number of ether oxygens (including phenoxy) is 1. The molecule has 6 heteroatoms. The van der Waals surface area contributed by atoms with Gasteiger partial charge in [-0.1, -0.05) is 6.07 Å². The third-order valence-corrected chi connectivity index (χ3v) is 5.67. The number of rotatable bonds is 2. The van der Waals surface area contributed by atoms with Gasteiger partial charge in [-0.25, -0.2) is 8.42 Å². The fourth-order valence-electron chi connectivity index (χ4n) is 2.73. The zero-order chi connectivity index (χ0) is 17.5. The Labute approximate surface area is 141 Å². The van der Waals surface area contributed by atoms with Crippen molar-refractivity contribution in [2.75, 3.05) is 12.0 Å². The number of hydrogen-bond acceptors (Lipinski definition) is 5. The van der Waals surface area contributed by atoms with Crippen LogP contribution in [0.3, 0.4) is 0 Å². The first-order valence-corrected chi connectivity index (χ1v) is 8.78. The lowest BCUT2D eigenvalue weighted by molar-refractivity contribution is 0.414. The molecule has 3 rings (SSSR count). The van der Waals surface area contributed by atoms with Crippen LogP contribution in [0.1, 0.15) is 11.1 Å². The van der Waals surface area contributed by atoms with Gasteiger partial charge in [-0.3, -0.25) is 0 Å². The van der Waals surface area contributed by atoms with Crippen molar-refractivity contribution in [2.45, 2.75) is 18.7 Å². The van der Waals surface area contributed by atoms with E-state index in [0.717, 1.165) is 22.6 Å². The van der Waals surface area contributed by atoms with Crippen molar-refractivity contribution in [3.63, 3.8) is 0 Å². The molecule has 122 valence electrons. The number of allylic oxidation sites excluding steroid dienone is 1. The van der Waals surface area contributed by atoms with E-state index >= 15 is 0 Å². The van der Waals surface area contributed by atoms with Gasteiger partial charge in [-0.05, 0) is 55.3 Å². The van der Waals surface area contributed by atoms with Gasteiger partial charge in [0.2, 0.25) is 9.84 Å². The highest BCUT2D eigenvalue weighted by atomic mass is 32.2. The Kier molecular flexibility index (Phi) is 3.82. The molecule has 2 aromatic carbocycles. The molecule has 1 heterocycles. The van der Waals surface area contributed by atoms with E-state index in [2.05, 4.69) is 0 Å². The Balaban J connectivity index is 2.29. The van der Waals surface area contributed by atoms with Crippen molar-refractivity contribution >= 4 is 21.2 Å². The average molecular weight is 340 g/mol. The molecular formula is C18H16N2O3S. The second-order valence-corrected chi connectivity index (χ2v) is 7.49. The van der Waals surface area contributed by atoms with Crippen molar-refractivity contribution < 1.29 is 13.2 Å². The molecule has 0 atom stereocenters. The first-order chi connectivity index (χ1) is 11.4. The highest BCUT2D eigenvalue weighted by Gasteiger charge is 2.32. The van der Waals surface area contributed by atoms with Crippen LogP contribution in [-0.2, 0) is 9.84 Å². The molecule has 0 radical (unpaired) electrons. The van der Waals surface area contributed by atoms with Gasteiger partial charge in [0.05, 0.1) is 17.7 Å². The summed E-state index contributed by atoms with van der Waals surface area (Å²) in [5.74, 6) is 0.717. The number of nitriles is 1. The fourth-order valence-corrected chi connectivity index (χ4v) is 4.01. The van der Waals surface area contributed by atoms with Crippen LogP contribution in [0, 0.1) is 25.2 Å². The normalized spacial score (nSPS) is 15.2. The van der Waals surface area contributed by atoms with E-state index in [4.69, 9.17) is 4.74 Å². The summed E-state index contributed by atoms with van der Waals surface area (Å²) in [5.41, 5.74) is 3.19. The Bertz CT molecular complexity index is 1000. The molecule has 0 unspecified atom stereocenters. The molecule has 2 aromatic rings. The summed E-state index contributed by atoms with van der Waals surface area (Å²) in [6, 6.07) is 12.4. The van der Waals surface area contributed by atoms with Gasteiger partial charge in [0.15, 0.2) is 4.91 Å². The second kappa shape index (κ2) is 5.69. The zero-order valence-corrected chi connectivity index (χ0v) is 14.4. The van der Waals surface area contributed by atoms with Gasteiger partial charge in [0.1, 0.15) is 11.8 Å². The van der Waals surface area contributed by atoms with E-state index < -0.39 is 9.84 Å². The first kappa shape index (κ1) is 16.1. The molecule has 0 fully saturated rings. The third-order valence-electron chi connectivity index (χ3n) is 3.97. The van der Waals surface area contributed by atoms with Crippen LogP contribution < -0.4 is 9.64 Å². The van der Waals surface area contributed by atoms with E-state index in [1.807, 2.05) is 26.0 Å². The zero-order valence-electron chi connectivity index (χ0n) is 13.6. The van der Waals surface area contributed by atoms with Crippen molar-refractivity contribution in [3.8, 4) is 11.8 Å². The Morgan fingerprint density at radius 2 is 1.83 bits per heavy atom. The number of aryl methyl sites for hydroxylation is 2. The van der Waals surface area contributed by atoms with Gasteiger partial charge >= 0.3 is 0 Å². The molecule has 5 nitrogen and oxygen atoms in total. The third kappa shape index (κ3) is 2.43. The summed E-state index contributed by atoms with van der Waals surface area (Å²) in [5, 5.41) is 9.28. The van der Waals surface area contributed by atoms with E-state index in [9.17, 15) is 13.7 Å². The SMILES string of the molecule is COc1ccc(N2C=C(C#N)S(=O)(=O)c3ccc(C)cc32)c(C)c1. The predicted molar refractivity (Wildman–Crippen MR) is 91.9 cm³/mol. The summed E-state index contributed by atoms with van der Waals surface area (Å²) in [4.78, 5) is 1.62. The second-order valence-electron chi connectivity index (χ2n) is 5.60. The summed E-state index contributed by atoms with van der Waals surface area (Å²) in [6.07, 6.45) is 1.38. The van der Waals surface area contributed by atoms with Gasteiger partial charge in [-0.15, -0.1) is 0 Å². The maximum absolute atomic E-state index is 12.6. The molecule has 1 aliphatic rings. The minimum atomic E-state index is -3.78. The molecule has 24 heavy (non-hydrogen) atoms. The van der Waals surface area contributed by atoms with E-state index in [1.54, 1.807) is 42.3 Å². The van der Waals surface area contributed by atoms with Crippen LogP contribution in [0.2, 0.25) is 0 Å². The molecule has 0 bridgehead atoms. The molecule has 0 aliphatic carbocycles. The van der Waals surface area contributed by atoms with Crippen LogP contribution in [0.25, 0.3) is 0 Å². The summed E-state index contributed by atoms with van der Waals surface area (Å²) in [6.45, 7) is 3.81. The quantitative estimate of drug-likeness (QED) is 0.835. The van der Waals surface area contributed by atoms with Crippen LogP contribution >= 0.6 is 0 Å². The maximum atomic E-state index is 12.6. The van der Waals surface area contributed by atoms with Crippen molar-refractivity contribution in [2.24, 2.45) is 0 Å². The van der Waals surface area contributed by atoms with Crippen molar-refractivity contribution in [1.82, 2.24) is 0 Å². The first-order valence-electron chi connectivity index (χ1n) is 7.30. The van der Waals surface area contributed by atoms with Crippen molar-refractivity contribution in [1.29, 1.82) is 5.26 Å². The Morgan fingerprint density at radius 3 is 2.46 bits per heavy atom. The number of anilines is 2. The summed E-state index contributed by atoms with van der Waals surface area (Å²) < 4.78 is 30.4. The molecule has 0 saturated carbocycles. The predicted octanol–water partition coefficient (Wildman–Crippen LogP) is 3.60.